The van der Waals surface area contributed by atoms with Crippen LogP contribution in [-0.2, 0) is 11.2 Å². The van der Waals surface area contributed by atoms with Gasteiger partial charge in [-0.15, -0.1) is 0 Å². The Labute approximate surface area is 171 Å². The number of methoxy groups -OCH3 is 2. The van der Waals surface area contributed by atoms with Crippen LogP contribution in [0.2, 0.25) is 0 Å². The fourth-order valence-electron chi connectivity index (χ4n) is 2.70. The Hall–Kier alpha value is -3.22. The molecule has 0 aliphatic carbocycles. The molecular formula is C22H28N2O5. The summed E-state index contributed by atoms with van der Waals surface area (Å²) in [7, 11) is 4.86. The quantitative estimate of drug-likeness (QED) is 0.539. The van der Waals surface area contributed by atoms with Gasteiger partial charge in [-0.3, -0.25) is 9.69 Å². The summed E-state index contributed by atoms with van der Waals surface area (Å²) >= 11 is 0. The lowest BCUT2D eigenvalue weighted by molar-refractivity contribution is -0.134. The average Bonchev–Trinajstić information content (AvgIpc) is 2.71. The van der Waals surface area contributed by atoms with Crippen LogP contribution in [0.5, 0.6) is 17.2 Å². The zero-order chi connectivity index (χ0) is 21.4. The molecule has 0 aliphatic rings. The molecule has 0 unspecified atom stereocenters. The van der Waals surface area contributed by atoms with E-state index in [0.717, 1.165) is 5.56 Å². The fraction of sp³-hybridized carbons (Fsp3) is 0.364. The van der Waals surface area contributed by atoms with E-state index >= 15 is 0 Å². The molecule has 0 atom stereocenters. The van der Waals surface area contributed by atoms with Crippen molar-refractivity contribution in [2.75, 3.05) is 26.2 Å². The molecule has 156 valence electrons. The van der Waals surface area contributed by atoms with Crippen molar-refractivity contribution < 1.29 is 23.8 Å². The molecule has 2 aromatic carbocycles. The van der Waals surface area contributed by atoms with E-state index in [9.17, 15) is 9.59 Å². The number of anilines is 1. The molecule has 1 N–H and O–H groups in total. The summed E-state index contributed by atoms with van der Waals surface area (Å²) in [5, 5.41) is 2.82. The van der Waals surface area contributed by atoms with Gasteiger partial charge in [0.15, 0.2) is 0 Å². The number of benzene rings is 2. The van der Waals surface area contributed by atoms with Crippen molar-refractivity contribution in [1.29, 1.82) is 0 Å². The van der Waals surface area contributed by atoms with Crippen LogP contribution in [0.15, 0.2) is 42.5 Å². The summed E-state index contributed by atoms with van der Waals surface area (Å²) < 4.78 is 15.9. The van der Waals surface area contributed by atoms with Gasteiger partial charge in [-0.2, -0.15) is 0 Å². The topological polar surface area (TPSA) is 77.1 Å². The van der Waals surface area contributed by atoms with Crippen molar-refractivity contribution >= 4 is 17.7 Å². The van der Waals surface area contributed by atoms with Gasteiger partial charge >= 0.3 is 12.0 Å². The van der Waals surface area contributed by atoms with Crippen LogP contribution >= 0.6 is 0 Å². The number of rotatable bonds is 8. The molecule has 0 bridgehead atoms. The SMILES string of the molecule is COc1ccc(OC)c(CCC(=O)Oc2ccc(N(C)C(=O)NC(C)C)cc2)c1. The van der Waals surface area contributed by atoms with E-state index in [4.69, 9.17) is 14.2 Å². The molecule has 0 aromatic heterocycles. The number of hydrogen-bond acceptors (Lipinski definition) is 5. The second kappa shape index (κ2) is 10.4. The van der Waals surface area contributed by atoms with Gasteiger partial charge in [0.1, 0.15) is 17.2 Å². The Bertz CT molecular complexity index is 834. The number of nitrogens with one attached hydrogen (secondary N) is 1. The van der Waals surface area contributed by atoms with E-state index in [1.807, 2.05) is 26.0 Å². The number of esters is 1. The first kappa shape index (κ1) is 22.1. The Morgan fingerprint density at radius 3 is 2.24 bits per heavy atom. The lowest BCUT2D eigenvalue weighted by atomic mass is 10.1. The normalized spacial score (nSPS) is 10.4. The van der Waals surface area contributed by atoms with Crippen molar-refractivity contribution in [2.45, 2.75) is 32.7 Å². The molecule has 2 aromatic rings. The van der Waals surface area contributed by atoms with Crippen molar-refractivity contribution in [1.82, 2.24) is 5.32 Å². The number of ether oxygens (including phenoxy) is 3. The standard InChI is InChI=1S/C22H28N2O5/c1-15(2)23-22(26)24(3)17-7-9-18(10-8-17)29-21(25)13-6-16-14-19(27-4)11-12-20(16)28-5/h7-12,14-15H,6,13H2,1-5H3,(H,23,26). The van der Waals surface area contributed by atoms with Crippen LogP contribution in [0.4, 0.5) is 10.5 Å². The highest BCUT2D eigenvalue weighted by atomic mass is 16.5. The second-order valence-electron chi connectivity index (χ2n) is 6.81. The maximum absolute atomic E-state index is 12.2. The van der Waals surface area contributed by atoms with Crippen LogP contribution < -0.4 is 24.4 Å². The van der Waals surface area contributed by atoms with Crippen molar-refractivity contribution in [3.8, 4) is 17.2 Å². The highest BCUT2D eigenvalue weighted by Crippen LogP contribution is 2.25. The minimum Gasteiger partial charge on any atom is -0.497 e. The van der Waals surface area contributed by atoms with Crippen molar-refractivity contribution in [2.24, 2.45) is 0 Å². The first-order valence-electron chi connectivity index (χ1n) is 9.40. The number of nitrogens with zero attached hydrogens (tertiary/aromatic N) is 1. The molecule has 0 saturated heterocycles. The Morgan fingerprint density at radius 2 is 1.66 bits per heavy atom. The summed E-state index contributed by atoms with van der Waals surface area (Å²) in [6.45, 7) is 3.80. The minimum atomic E-state index is -0.353. The number of urea groups is 1. The van der Waals surface area contributed by atoms with Gasteiger partial charge in [0.05, 0.1) is 20.6 Å². The summed E-state index contributed by atoms with van der Waals surface area (Å²) in [5.74, 6) is 1.48. The van der Waals surface area contributed by atoms with Crippen LogP contribution in [0.1, 0.15) is 25.8 Å². The summed E-state index contributed by atoms with van der Waals surface area (Å²) in [6, 6.07) is 12.1. The van der Waals surface area contributed by atoms with Gasteiger partial charge in [0.25, 0.3) is 0 Å². The number of carbonyl (C=O) groups is 2. The van der Waals surface area contributed by atoms with Crippen LogP contribution in [0, 0.1) is 0 Å². The van der Waals surface area contributed by atoms with Crippen LogP contribution in [0.25, 0.3) is 0 Å². The average molecular weight is 400 g/mol. The Balaban J connectivity index is 1.94. The van der Waals surface area contributed by atoms with Crippen LogP contribution in [-0.4, -0.2) is 39.3 Å². The molecule has 0 heterocycles. The summed E-state index contributed by atoms with van der Waals surface area (Å²) in [6.07, 6.45) is 0.664. The number of aryl methyl sites for hydroxylation is 1. The number of carbonyl (C=O) groups excluding carboxylic acids is 2. The van der Waals surface area contributed by atoms with E-state index in [1.54, 1.807) is 51.6 Å². The van der Waals surface area contributed by atoms with Gasteiger partial charge in [0, 0.05) is 18.8 Å². The third-order valence-electron chi connectivity index (χ3n) is 4.26. The highest BCUT2D eigenvalue weighted by Gasteiger charge is 2.13. The number of hydrogen-bond donors (Lipinski definition) is 1. The zero-order valence-electron chi connectivity index (χ0n) is 17.5. The molecule has 2 amide bonds. The Morgan fingerprint density at radius 1 is 1.00 bits per heavy atom. The van der Waals surface area contributed by atoms with E-state index in [-0.39, 0.29) is 24.5 Å². The molecule has 0 fully saturated rings. The maximum Gasteiger partial charge on any atom is 0.321 e. The monoisotopic (exact) mass is 400 g/mol. The summed E-state index contributed by atoms with van der Waals surface area (Å²) in [4.78, 5) is 25.8. The number of amides is 2. The lowest BCUT2D eigenvalue weighted by Crippen LogP contribution is -2.40. The first-order chi connectivity index (χ1) is 13.8. The molecule has 0 spiro atoms. The molecular weight excluding hydrogens is 372 g/mol. The van der Waals surface area contributed by atoms with Crippen molar-refractivity contribution in [3.05, 3.63) is 48.0 Å². The molecule has 0 saturated carbocycles. The zero-order valence-corrected chi connectivity index (χ0v) is 17.5. The smallest absolute Gasteiger partial charge is 0.321 e. The molecule has 0 aliphatic heterocycles. The van der Waals surface area contributed by atoms with Gasteiger partial charge < -0.3 is 19.5 Å². The van der Waals surface area contributed by atoms with Gasteiger partial charge in [-0.25, -0.2) is 4.79 Å². The Kier molecular flexibility index (Phi) is 7.88. The van der Waals surface area contributed by atoms with Crippen molar-refractivity contribution in [3.63, 3.8) is 0 Å². The van der Waals surface area contributed by atoms with E-state index in [0.29, 0.717) is 29.4 Å². The van der Waals surface area contributed by atoms with Gasteiger partial charge in [-0.05, 0) is 68.3 Å². The molecule has 2 rings (SSSR count). The van der Waals surface area contributed by atoms with E-state index in [1.165, 1.54) is 4.90 Å². The minimum absolute atomic E-state index is 0.0494. The lowest BCUT2D eigenvalue weighted by Gasteiger charge is -2.20. The van der Waals surface area contributed by atoms with E-state index in [2.05, 4.69) is 5.32 Å². The first-order valence-corrected chi connectivity index (χ1v) is 9.40. The fourth-order valence-corrected chi connectivity index (χ4v) is 2.70. The predicted octanol–water partition coefficient (Wildman–Crippen LogP) is 3.80. The third-order valence-corrected chi connectivity index (χ3v) is 4.26. The van der Waals surface area contributed by atoms with Crippen LogP contribution in [0.3, 0.4) is 0 Å². The second-order valence-corrected chi connectivity index (χ2v) is 6.81. The summed E-state index contributed by atoms with van der Waals surface area (Å²) in [5.41, 5.74) is 1.57. The molecule has 7 heteroatoms. The maximum atomic E-state index is 12.2. The van der Waals surface area contributed by atoms with Gasteiger partial charge in [0.2, 0.25) is 0 Å². The molecule has 7 nitrogen and oxygen atoms in total. The highest BCUT2D eigenvalue weighted by molar-refractivity contribution is 5.91. The van der Waals surface area contributed by atoms with Gasteiger partial charge in [-0.1, -0.05) is 0 Å². The largest absolute Gasteiger partial charge is 0.497 e. The van der Waals surface area contributed by atoms with E-state index < -0.39 is 0 Å². The third kappa shape index (κ3) is 6.41. The predicted molar refractivity (Wildman–Crippen MR) is 112 cm³/mol. The molecule has 29 heavy (non-hydrogen) atoms. The molecule has 0 radical (unpaired) electrons.